The van der Waals surface area contributed by atoms with Gasteiger partial charge < -0.3 is 0 Å². The molecule has 0 fully saturated rings. The van der Waals surface area contributed by atoms with Crippen LogP contribution in [0, 0.1) is 25.5 Å². The summed E-state index contributed by atoms with van der Waals surface area (Å²) in [6.07, 6.45) is 0. The highest BCUT2D eigenvalue weighted by atomic mass is 79.9. The van der Waals surface area contributed by atoms with Crippen molar-refractivity contribution >= 4 is 15.9 Å². The third-order valence-corrected chi connectivity index (χ3v) is 3.49. The van der Waals surface area contributed by atoms with E-state index in [9.17, 15) is 8.78 Å². The number of hydrogen-bond donors (Lipinski definition) is 0. The van der Waals surface area contributed by atoms with Crippen molar-refractivity contribution in [3.63, 3.8) is 0 Å². The van der Waals surface area contributed by atoms with Crippen molar-refractivity contribution in [1.82, 2.24) is 0 Å². The van der Waals surface area contributed by atoms with Gasteiger partial charge >= 0.3 is 0 Å². The Balaban J connectivity index is 3.60. The van der Waals surface area contributed by atoms with E-state index in [1.165, 1.54) is 0 Å². The van der Waals surface area contributed by atoms with Gasteiger partial charge in [-0.3, -0.25) is 0 Å². The monoisotopic (exact) mass is 262 g/mol. The molecule has 0 saturated carbocycles. The van der Waals surface area contributed by atoms with Gasteiger partial charge in [0.1, 0.15) is 0 Å². The van der Waals surface area contributed by atoms with Crippen LogP contribution in [-0.4, -0.2) is 0 Å². The second-order valence-electron chi connectivity index (χ2n) is 3.76. The molecule has 0 N–H and O–H groups in total. The van der Waals surface area contributed by atoms with Gasteiger partial charge in [0.05, 0.1) is 0 Å². The molecule has 0 atom stereocenters. The maximum absolute atomic E-state index is 13.5. The van der Waals surface area contributed by atoms with Crippen LogP contribution in [0.1, 0.15) is 36.5 Å². The Labute approximate surface area is 91.5 Å². The van der Waals surface area contributed by atoms with Crippen LogP contribution in [0.4, 0.5) is 8.78 Å². The minimum absolute atomic E-state index is 0.0295. The molecule has 0 saturated heterocycles. The third kappa shape index (κ3) is 1.70. The second kappa shape index (κ2) is 3.97. The Kier molecular flexibility index (Phi) is 3.30. The summed E-state index contributed by atoms with van der Waals surface area (Å²) in [5.74, 6) is -1.48. The van der Waals surface area contributed by atoms with Gasteiger partial charge in [0, 0.05) is 10.0 Å². The Morgan fingerprint density at radius 1 is 1.00 bits per heavy atom. The standard InChI is InChI=1S/C11H13BrF2/c1-5(2)8-9(12)6(3)7(4)10(13)11(8)14/h5H,1-4H3. The number of halogens is 3. The van der Waals surface area contributed by atoms with E-state index in [1.807, 2.05) is 13.8 Å². The lowest BCUT2D eigenvalue weighted by Crippen LogP contribution is -2.03. The first-order chi connectivity index (χ1) is 6.37. The van der Waals surface area contributed by atoms with Gasteiger partial charge in [-0.05, 0) is 30.9 Å². The Bertz CT molecular complexity index is 341. The summed E-state index contributed by atoms with van der Waals surface area (Å²) in [6, 6.07) is 0. The maximum atomic E-state index is 13.5. The molecule has 0 heterocycles. The average Bonchev–Trinajstić information content (AvgIpc) is 2.11. The van der Waals surface area contributed by atoms with Crippen LogP contribution in [0.25, 0.3) is 0 Å². The first-order valence-electron chi connectivity index (χ1n) is 4.51. The molecule has 0 aliphatic rings. The summed E-state index contributed by atoms with van der Waals surface area (Å²) in [6.45, 7) is 7.06. The fraction of sp³-hybridized carbons (Fsp3) is 0.455. The smallest absolute Gasteiger partial charge is 0.163 e. The van der Waals surface area contributed by atoms with Crippen LogP contribution in [0.2, 0.25) is 0 Å². The topological polar surface area (TPSA) is 0 Å². The van der Waals surface area contributed by atoms with E-state index in [1.54, 1.807) is 13.8 Å². The van der Waals surface area contributed by atoms with Crippen LogP contribution < -0.4 is 0 Å². The van der Waals surface area contributed by atoms with Crippen LogP contribution in [0.3, 0.4) is 0 Å². The minimum atomic E-state index is -0.727. The van der Waals surface area contributed by atoms with Crippen LogP contribution in [0.15, 0.2) is 4.47 Å². The number of benzene rings is 1. The largest absolute Gasteiger partial charge is 0.203 e. The lowest BCUT2D eigenvalue weighted by molar-refractivity contribution is 0.486. The molecule has 78 valence electrons. The number of rotatable bonds is 1. The van der Waals surface area contributed by atoms with E-state index in [0.717, 1.165) is 5.56 Å². The van der Waals surface area contributed by atoms with Crippen molar-refractivity contribution in [2.24, 2.45) is 0 Å². The molecular formula is C11H13BrF2. The summed E-state index contributed by atoms with van der Waals surface area (Å²) >= 11 is 3.31. The molecule has 0 nitrogen and oxygen atoms in total. The summed E-state index contributed by atoms with van der Waals surface area (Å²) < 4.78 is 27.6. The van der Waals surface area contributed by atoms with Crippen molar-refractivity contribution < 1.29 is 8.78 Å². The molecule has 3 heteroatoms. The van der Waals surface area contributed by atoms with E-state index in [2.05, 4.69) is 15.9 Å². The van der Waals surface area contributed by atoms with Crippen molar-refractivity contribution in [1.29, 1.82) is 0 Å². The molecular weight excluding hydrogens is 250 g/mol. The molecule has 14 heavy (non-hydrogen) atoms. The fourth-order valence-corrected chi connectivity index (χ4v) is 2.35. The zero-order valence-corrected chi connectivity index (χ0v) is 10.3. The molecule has 0 amide bonds. The zero-order valence-electron chi connectivity index (χ0n) is 8.71. The summed E-state index contributed by atoms with van der Waals surface area (Å²) in [7, 11) is 0. The van der Waals surface area contributed by atoms with Crippen LogP contribution in [0.5, 0.6) is 0 Å². The highest BCUT2D eigenvalue weighted by Gasteiger charge is 2.20. The van der Waals surface area contributed by atoms with Gasteiger partial charge in [0.25, 0.3) is 0 Å². The van der Waals surface area contributed by atoms with Crippen molar-refractivity contribution in [3.05, 3.63) is 32.8 Å². The summed E-state index contributed by atoms with van der Waals surface area (Å²) in [5.41, 5.74) is 1.57. The average molecular weight is 263 g/mol. The van der Waals surface area contributed by atoms with Gasteiger partial charge in [-0.15, -0.1) is 0 Å². The van der Waals surface area contributed by atoms with E-state index in [-0.39, 0.29) is 5.92 Å². The Hall–Kier alpha value is -0.440. The molecule has 0 aliphatic heterocycles. The molecule has 1 aromatic rings. The van der Waals surface area contributed by atoms with E-state index < -0.39 is 11.6 Å². The minimum Gasteiger partial charge on any atom is -0.203 e. The normalized spacial score (nSPS) is 11.1. The van der Waals surface area contributed by atoms with E-state index >= 15 is 0 Å². The summed E-state index contributed by atoms with van der Waals surface area (Å²) in [4.78, 5) is 0. The van der Waals surface area contributed by atoms with Gasteiger partial charge in [-0.1, -0.05) is 29.8 Å². The first kappa shape index (κ1) is 11.6. The lowest BCUT2D eigenvalue weighted by atomic mass is 9.97. The van der Waals surface area contributed by atoms with Crippen LogP contribution >= 0.6 is 15.9 Å². The predicted molar refractivity (Wildman–Crippen MR) is 57.6 cm³/mol. The van der Waals surface area contributed by atoms with Gasteiger partial charge in [0.15, 0.2) is 11.6 Å². The lowest BCUT2D eigenvalue weighted by Gasteiger charge is -2.15. The number of hydrogen-bond acceptors (Lipinski definition) is 0. The van der Waals surface area contributed by atoms with Gasteiger partial charge in [0.2, 0.25) is 0 Å². The third-order valence-electron chi connectivity index (χ3n) is 2.46. The van der Waals surface area contributed by atoms with E-state index in [0.29, 0.717) is 15.6 Å². The van der Waals surface area contributed by atoms with E-state index in [4.69, 9.17) is 0 Å². The van der Waals surface area contributed by atoms with Gasteiger partial charge in [-0.2, -0.15) is 0 Å². The highest BCUT2D eigenvalue weighted by molar-refractivity contribution is 9.10. The molecule has 0 radical (unpaired) electrons. The zero-order chi connectivity index (χ0) is 11.0. The van der Waals surface area contributed by atoms with Crippen molar-refractivity contribution in [3.8, 4) is 0 Å². The molecule has 0 aromatic heterocycles. The first-order valence-corrected chi connectivity index (χ1v) is 5.30. The summed E-state index contributed by atoms with van der Waals surface area (Å²) in [5, 5.41) is 0. The Morgan fingerprint density at radius 3 is 1.93 bits per heavy atom. The quantitative estimate of drug-likeness (QED) is 0.656. The maximum Gasteiger partial charge on any atom is 0.163 e. The van der Waals surface area contributed by atoms with Crippen molar-refractivity contribution in [2.45, 2.75) is 33.6 Å². The van der Waals surface area contributed by atoms with Gasteiger partial charge in [-0.25, -0.2) is 8.78 Å². The molecule has 0 spiro atoms. The molecule has 1 rings (SSSR count). The molecule has 0 unspecified atom stereocenters. The predicted octanol–water partition coefficient (Wildman–Crippen LogP) is 4.47. The molecule has 1 aromatic carbocycles. The van der Waals surface area contributed by atoms with Crippen molar-refractivity contribution in [2.75, 3.05) is 0 Å². The Morgan fingerprint density at radius 2 is 1.50 bits per heavy atom. The molecule has 0 aliphatic carbocycles. The fourth-order valence-electron chi connectivity index (χ4n) is 1.42. The molecule has 0 bridgehead atoms. The highest BCUT2D eigenvalue weighted by Crippen LogP contribution is 2.34. The van der Waals surface area contributed by atoms with Crippen LogP contribution in [-0.2, 0) is 0 Å². The SMILES string of the molecule is Cc1c(C)c(Br)c(C(C)C)c(F)c1F. The second-order valence-corrected chi connectivity index (χ2v) is 4.55.